The Balaban J connectivity index is 1.94. The van der Waals surface area contributed by atoms with Crippen molar-refractivity contribution in [3.05, 3.63) is 35.9 Å². The highest BCUT2D eigenvalue weighted by molar-refractivity contribution is 5.82. The summed E-state index contributed by atoms with van der Waals surface area (Å²) in [7, 11) is 4.04. The van der Waals surface area contributed by atoms with E-state index in [0.29, 0.717) is 13.2 Å². The minimum absolute atomic E-state index is 0.00461. The van der Waals surface area contributed by atoms with Gasteiger partial charge in [0.1, 0.15) is 6.04 Å². The van der Waals surface area contributed by atoms with E-state index >= 15 is 0 Å². The molecule has 0 radical (unpaired) electrons. The summed E-state index contributed by atoms with van der Waals surface area (Å²) in [5.74, 6) is 0.00461. The van der Waals surface area contributed by atoms with Crippen LogP contribution < -0.4 is 10.6 Å². The van der Waals surface area contributed by atoms with Gasteiger partial charge in [0.25, 0.3) is 0 Å². The summed E-state index contributed by atoms with van der Waals surface area (Å²) in [4.78, 5) is 14.4. The number of morpholine rings is 1. The number of hydrogen-bond acceptors (Lipinski definition) is 4. The van der Waals surface area contributed by atoms with Crippen LogP contribution in [0.25, 0.3) is 0 Å². The summed E-state index contributed by atoms with van der Waals surface area (Å²) in [6, 6.07) is 10.1. The first kappa shape index (κ1) is 15.9. The van der Waals surface area contributed by atoms with Gasteiger partial charge in [-0.3, -0.25) is 4.79 Å². The van der Waals surface area contributed by atoms with Crippen molar-refractivity contribution in [3.8, 4) is 0 Å². The van der Waals surface area contributed by atoms with Crippen LogP contribution in [0.4, 0.5) is 0 Å². The predicted octanol–water partition coefficient (Wildman–Crippen LogP) is 0.782. The fraction of sp³-hybridized carbons (Fsp3) is 0.562. The average Bonchev–Trinajstić information content (AvgIpc) is 2.48. The number of ether oxygens (including phenoxy) is 1. The summed E-state index contributed by atoms with van der Waals surface area (Å²) in [5, 5.41) is 6.25. The molecule has 1 aliphatic rings. The Kier molecular flexibility index (Phi) is 5.73. The lowest BCUT2D eigenvalue weighted by Crippen LogP contribution is -2.56. The molecule has 116 valence electrons. The Morgan fingerprint density at radius 2 is 2.14 bits per heavy atom. The van der Waals surface area contributed by atoms with Crippen LogP contribution in [-0.4, -0.2) is 56.7 Å². The summed E-state index contributed by atoms with van der Waals surface area (Å²) in [6.07, 6.45) is -0.0896. The first-order valence-electron chi connectivity index (χ1n) is 7.43. The molecular formula is C16H25N3O2. The molecule has 1 unspecified atom stereocenters. The number of benzene rings is 1. The molecular weight excluding hydrogens is 266 g/mol. The molecule has 2 rings (SSSR count). The molecule has 0 bridgehead atoms. The van der Waals surface area contributed by atoms with E-state index in [4.69, 9.17) is 4.74 Å². The number of likely N-dealkylation sites (N-methyl/N-ethyl adjacent to an activating group) is 1. The van der Waals surface area contributed by atoms with Crippen molar-refractivity contribution in [2.75, 3.05) is 33.8 Å². The van der Waals surface area contributed by atoms with E-state index in [1.165, 1.54) is 5.56 Å². The molecule has 1 heterocycles. The molecule has 0 saturated carbocycles. The lowest BCUT2D eigenvalue weighted by atomic mass is 10.1. The van der Waals surface area contributed by atoms with Crippen LogP contribution in [-0.2, 0) is 9.53 Å². The normalized spacial score (nSPS) is 23.8. The summed E-state index contributed by atoms with van der Waals surface area (Å²) in [5.41, 5.74) is 1.20. The fourth-order valence-electron chi connectivity index (χ4n) is 2.61. The van der Waals surface area contributed by atoms with Crippen molar-refractivity contribution >= 4 is 5.91 Å². The first-order valence-corrected chi connectivity index (χ1v) is 7.43. The van der Waals surface area contributed by atoms with E-state index in [0.717, 1.165) is 6.54 Å². The Labute approximate surface area is 126 Å². The lowest BCUT2D eigenvalue weighted by molar-refractivity contribution is -0.129. The Hall–Kier alpha value is -1.43. The van der Waals surface area contributed by atoms with Gasteiger partial charge < -0.3 is 20.3 Å². The number of nitrogens with one attached hydrogen (secondary N) is 2. The van der Waals surface area contributed by atoms with Crippen molar-refractivity contribution in [2.24, 2.45) is 0 Å². The summed E-state index contributed by atoms with van der Waals surface area (Å²) < 4.78 is 5.52. The average molecular weight is 291 g/mol. The van der Waals surface area contributed by atoms with Crippen LogP contribution in [0.3, 0.4) is 0 Å². The molecule has 1 aromatic rings. The second-order valence-corrected chi connectivity index (χ2v) is 5.64. The van der Waals surface area contributed by atoms with Gasteiger partial charge in [-0.15, -0.1) is 0 Å². The van der Waals surface area contributed by atoms with Gasteiger partial charge in [-0.2, -0.15) is 0 Å². The number of nitrogens with zero attached hydrogens (tertiary/aromatic N) is 1. The van der Waals surface area contributed by atoms with E-state index in [9.17, 15) is 4.79 Å². The third-order valence-corrected chi connectivity index (χ3v) is 3.88. The minimum Gasteiger partial charge on any atom is -0.375 e. The van der Waals surface area contributed by atoms with Gasteiger partial charge in [-0.25, -0.2) is 0 Å². The first-order chi connectivity index (χ1) is 10.1. The van der Waals surface area contributed by atoms with Gasteiger partial charge in [0.2, 0.25) is 5.91 Å². The third kappa shape index (κ3) is 4.27. The standard InChI is InChI=1S/C16H25N3O2/c1-12-15(17-9-10-21-12)16(20)18-11-14(19(2)3)13-7-5-4-6-8-13/h4-8,12,14-15,17H,9-11H2,1-3H3,(H,18,20)/t12-,14?,15+/m1/s1. The van der Waals surface area contributed by atoms with Crippen LogP contribution in [0.1, 0.15) is 18.5 Å². The predicted molar refractivity (Wildman–Crippen MR) is 83.1 cm³/mol. The number of amides is 1. The fourth-order valence-corrected chi connectivity index (χ4v) is 2.61. The number of carbonyl (C=O) groups is 1. The highest BCUT2D eigenvalue weighted by atomic mass is 16.5. The van der Waals surface area contributed by atoms with Crippen molar-refractivity contribution in [1.82, 2.24) is 15.5 Å². The van der Waals surface area contributed by atoms with Crippen molar-refractivity contribution in [1.29, 1.82) is 0 Å². The number of hydrogen-bond donors (Lipinski definition) is 2. The Bertz CT molecular complexity index is 450. The van der Waals surface area contributed by atoms with E-state index in [2.05, 4.69) is 27.7 Å². The van der Waals surface area contributed by atoms with Gasteiger partial charge in [-0.05, 0) is 26.6 Å². The maximum atomic E-state index is 12.3. The molecule has 0 aliphatic carbocycles. The third-order valence-electron chi connectivity index (χ3n) is 3.88. The van der Waals surface area contributed by atoms with E-state index < -0.39 is 0 Å². The minimum atomic E-state index is -0.266. The molecule has 1 aromatic carbocycles. The maximum absolute atomic E-state index is 12.3. The SMILES string of the molecule is C[C@H]1OCCN[C@@H]1C(=O)NCC(c1ccccc1)N(C)C. The maximum Gasteiger partial charge on any atom is 0.239 e. The summed E-state index contributed by atoms with van der Waals surface area (Å²) >= 11 is 0. The largest absolute Gasteiger partial charge is 0.375 e. The van der Waals surface area contributed by atoms with Crippen LogP contribution >= 0.6 is 0 Å². The molecule has 2 N–H and O–H groups in total. The van der Waals surface area contributed by atoms with Crippen LogP contribution in [0.2, 0.25) is 0 Å². The van der Waals surface area contributed by atoms with E-state index in [1.54, 1.807) is 0 Å². The molecule has 1 fully saturated rings. The van der Waals surface area contributed by atoms with Gasteiger partial charge in [0, 0.05) is 13.1 Å². The van der Waals surface area contributed by atoms with Gasteiger partial charge in [-0.1, -0.05) is 30.3 Å². The molecule has 5 heteroatoms. The highest BCUT2D eigenvalue weighted by Crippen LogP contribution is 2.16. The smallest absolute Gasteiger partial charge is 0.239 e. The second-order valence-electron chi connectivity index (χ2n) is 5.64. The molecule has 21 heavy (non-hydrogen) atoms. The summed E-state index contributed by atoms with van der Waals surface area (Å²) in [6.45, 7) is 3.89. The highest BCUT2D eigenvalue weighted by Gasteiger charge is 2.28. The quantitative estimate of drug-likeness (QED) is 0.842. The molecule has 1 amide bonds. The monoisotopic (exact) mass is 291 g/mol. The number of carbonyl (C=O) groups excluding carboxylic acids is 1. The van der Waals surface area contributed by atoms with Crippen molar-refractivity contribution in [3.63, 3.8) is 0 Å². The molecule has 0 aromatic heterocycles. The van der Waals surface area contributed by atoms with Crippen LogP contribution in [0.15, 0.2) is 30.3 Å². The second kappa shape index (κ2) is 7.54. The van der Waals surface area contributed by atoms with E-state index in [1.807, 2.05) is 39.2 Å². The van der Waals surface area contributed by atoms with Crippen molar-refractivity contribution < 1.29 is 9.53 Å². The number of rotatable bonds is 5. The molecule has 3 atom stereocenters. The Morgan fingerprint density at radius 3 is 2.76 bits per heavy atom. The lowest BCUT2D eigenvalue weighted by Gasteiger charge is -2.31. The van der Waals surface area contributed by atoms with Crippen LogP contribution in [0.5, 0.6) is 0 Å². The van der Waals surface area contributed by atoms with Gasteiger partial charge in [0.15, 0.2) is 0 Å². The van der Waals surface area contributed by atoms with Gasteiger partial charge in [0.05, 0.1) is 18.8 Å². The molecule has 5 nitrogen and oxygen atoms in total. The van der Waals surface area contributed by atoms with Crippen LogP contribution in [0, 0.1) is 0 Å². The molecule has 1 aliphatic heterocycles. The zero-order valence-electron chi connectivity index (χ0n) is 13.0. The molecule has 1 saturated heterocycles. The zero-order valence-corrected chi connectivity index (χ0v) is 13.0. The van der Waals surface area contributed by atoms with E-state index in [-0.39, 0.29) is 24.1 Å². The molecule has 0 spiro atoms. The zero-order chi connectivity index (χ0) is 15.2. The van der Waals surface area contributed by atoms with Gasteiger partial charge >= 0.3 is 0 Å². The topological polar surface area (TPSA) is 53.6 Å². The van der Waals surface area contributed by atoms with Crippen molar-refractivity contribution in [2.45, 2.75) is 25.1 Å². The Morgan fingerprint density at radius 1 is 1.43 bits per heavy atom.